The lowest BCUT2D eigenvalue weighted by molar-refractivity contribution is 0.0497. The van der Waals surface area contributed by atoms with E-state index in [1.54, 1.807) is 0 Å². The maximum absolute atomic E-state index is 11.2. The Morgan fingerprint density at radius 2 is 2.08 bits per heavy atom. The minimum Gasteiger partial charge on any atom is -0.444 e. The van der Waals surface area contributed by atoms with E-state index in [9.17, 15) is 4.79 Å². The van der Waals surface area contributed by atoms with Crippen LogP contribution in [0.2, 0.25) is 0 Å². The Hall–Kier alpha value is -0.770. The van der Waals surface area contributed by atoms with E-state index < -0.39 is 11.7 Å². The summed E-state index contributed by atoms with van der Waals surface area (Å²) >= 11 is 0. The van der Waals surface area contributed by atoms with Crippen molar-refractivity contribution in [2.24, 2.45) is 0 Å². The highest BCUT2D eigenvalue weighted by Gasteiger charge is 2.17. The van der Waals surface area contributed by atoms with Gasteiger partial charge in [-0.1, -0.05) is 6.92 Å². The standard InChI is InChI=1S/C9H19N2O2/c1-6-7(10-5)11-8(12)13-9(2,3)4/h7,10H,5-6H2,1-4H3,(H,11,12). The predicted octanol–water partition coefficient (Wildman–Crippen LogP) is 1.63. The molecule has 0 aromatic carbocycles. The summed E-state index contributed by atoms with van der Waals surface area (Å²) in [5.41, 5.74) is -0.455. The van der Waals surface area contributed by atoms with Crippen molar-refractivity contribution in [1.82, 2.24) is 10.6 Å². The second kappa shape index (κ2) is 5.07. The molecular formula is C9H19N2O2. The Balaban J connectivity index is 3.86. The first kappa shape index (κ1) is 12.2. The van der Waals surface area contributed by atoms with Crippen molar-refractivity contribution in [2.45, 2.75) is 45.9 Å². The maximum Gasteiger partial charge on any atom is 0.408 e. The molecule has 0 aliphatic rings. The van der Waals surface area contributed by atoms with Gasteiger partial charge in [-0.25, -0.2) is 4.79 Å². The molecule has 77 valence electrons. The summed E-state index contributed by atoms with van der Waals surface area (Å²) in [5.74, 6) is 0. The highest BCUT2D eigenvalue weighted by atomic mass is 16.6. The zero-order chi connectivity index (χ0) is 10.5. The molecule has 4 heteroatoms. The molecule has 0 saturated heterocycles. The van der Waals surface area contributed by atoms with Crippen LogP contribution in [0.1, 0.15) is 34.1 Å². The molecule has 0 fully saturated rings. The molecule has 4 nitrogen and oxygen atoms in total. The van der Waals surface area contributed by atoms with E-state index in [1.165, 1.54) is 0 Å². The van der Waals surface area contributed by atoms with Crippen LogP contribution in [-0.4, -0.2) is 17.9 Å². The van der Waals surface area contributed by atoms with Crippen molar-refractivity contribution in [3.8, 4) is 0 Å². The molecule has 0 spiro atoms. The Morgan fingerprint density at radius 1 is 1.54 bits per heavy atom. The summed E-state index contributed by atoms with van der Waals surface area (Å²) in [6.45, 7) is 7.42. The molecule has 1 unspecified atom stereocenters. The first-order valence-corrected chi connectivity index (χ1v) is 4.41. The van der Waals surface area contributed by atoms with Crippen molar-refractivity contribution in [3.05, 3.63) is 7.05 Å². The number of hydrogen-bond donors (Lipinski definition) is 2. The van der Waals surface area contributed by atoms with E-state index in [4.69, 9.17) is 4.74 Å². The summed E-state index contributed by atoms with van der Waals surface area (Å²) in [5, 5.41) is 5.34. The smallest absolute Gasteiger partial charge is 0.408 e. The number of carbonyl (C=O) groups excluding carboxylic acids is 1. The molecule has 2 N–H and O–H groups in total. The van der Waals surface area contributed by atoms with Gasteiger partial charge in [0.1, 0.15) is 5.60 Å². The van der Waals surface area contributed by atoms with Gasteiger partial charge in [0.05, 0.1) is 6.17 Å². The van der Waals surface area contributed by atoms with Gasteiger partial charge in [-0.2, -0.15) is 0 Å². The Kier molecular flexibility index (Phi) is 4.77. The van der Waals surface area contributed by atoms with Gasteiger partial charge in [-0.05, 0) is 27.2 Å². The minimum absolute atomic E-state index is 0.130. The fourth-order valence-corrected chi connectivity index (χ4v) is 0.747. The van der Waals surface area contributed by atoms with E-state index in [0.29, 0.717) is 0 Å². The summed E-state index contributed by atoms with van der Waals surface area (Å²) < 4.78 is 5.05. The summed E-state index contributed by atoms with van der Waals surface area (Å²) in [4.78, 5) is 11.2. The van der Waals surface area contributed by atoms with Gasteiger partial charge in [-0.15, -0.1) is 0 Å². The highest BCUT2D eigenvalue weighted by molar-refractivity contribution is 5.67. The lowest BCUT2D eigenvalue weighted by Crippen LogP contribution is -2.44. The summed E-state index contributed by atoms with van der Waals surface area (Å²) in [7, 11) is 3.49. The van der Waals surface area contributed by atoms with Crippen LogP contribution in [0.3, 0.4) is 0 Å². The monoisotopic (exact) mass is 187 g/mol. The second-order valence-electron chi connectivity index (χ2n) is 3.81. The molecule has 0 aliphatic carbocycles. The molecular weight excluding hydrogens is 168 g/mol. The molecule has 0 aromatic heterocycles. The third-order valence-corrected chi connectivity index (χ3v) is 1.35. The SMILES string of the molecule is [CH2]NC(CC)NC(=O)OC(C)(C)C. The van der Waals surface area contributed by atoms with Gasteiger partial charge < -0.3 is 10.1 Å². The van der Waals surface area contributed by atoms with Crippen molar-refractivity contribution < 1.29 is 9.53 Å². The summed E-state index contributed by atoms with van der Waals surface area (Å²) in [6, 6.07) is 0. The quantitative estimate of drug-likeness (QED) is 0.660. The minimum atomic E-state index is -0.455. The van der Waals surface area contributed by atoms with Crippen LogP contribution in [0.4, 0.5) is 4.79 Å². The van der Waals surface area contributed by atoms with E-state index in [0.717, 1.165) is 6.42 Å². The Bertz CT molecular complexity index is 159. The second-order valence-corrected chi connectivity index (χ2v) is 3.81. The fraction of sp³-hybridized carbons (Fsp3) is 0.778. The van der Waals surface area contributed by atoms with Gasteiger partial charge in [0, 0.05) is 7.05 Å². The zero-order valence-corrected chi connectivity index (χ0v) is 8.81. The van der Waals surface area contributed by atoms with Crippen molar-refractivity contribution in [2.75, 3.05) is 0 Å². The molecule has 0 heterocycles. The van der Waals surface area contributed by atoms with Crippen LogP contribution < -0.4 is 10.6 Å². The predicted molar refractivity (Wildman–Crippen MR) is 51.9 cm³/mol. The van der Waals surface area contributed by atoms with E-state index in [-0.39, 0.29) is 6.17 Å². The third kappa shape index (κ3) is 6.40. The average molecular weight is 187 g/mol. The first-order valence-electron chi connectivity index (χ1n) is 4.41. The number of ether oxygens (including phenoxy) is 1. The average Bonchev–Trinajstić information content (AvgIpc) is 1.96. The number of alkyl carbamates (subject to hydrolysis) is 1. The molecule has 0 rings (SSSR count). The largest absolute Gasteiger partial charge is 0.444 e. The fourth-order valence-electron chi connectivity index (χ4n) is 0.747. The molecule has 0 aromatic rings. The van der Waals surface area contributed by atoms with E-state index >= 15 is 0 Å². The number of rotatable bonds is 3. The zero-order valence-electron chi connectivity index (χ0n) is 8.81. The topological polar surface area (TPSA) is 50.4 Å². The van der Waals surface area contributed by atoms with Crippen molar-refractivity contribution >= 4 is 6.09 Å². The number of amides is 1. The summed E-state index contributed by atoms with van der Waals surface area (Å²) in [6.07, 6.45) is 0.216. The Morgan fingerprint density at radius 3 is 2.38 bits per heavy atom. The van der Waals surface area contributed by atoms with Gasteiger partial charge in [-0.3, -0.25) is 5.32 Å². The molecule has 0 bridgehead atoms. The molecule has 0 saturated carbocycles. The van der Waals surface area contributed by atoms with E-state index in [2.05, 4.69) is 17.7 Å². The molecule has 1 atom stereocenters. The van der Waals surface area contributed by atoms with Crippen LogP contribution in [0, 0.1) is 7.05 Å². The molecule has 13 heavy (non-hydrogen) atoms. The van der Waals surface area contributed by atoms with Gasteiger partial charge in [0.25, 0.3) is 0 Å². The lowest BCUT2D eigenvalue weighted by atomic mass is 10.2. The van der Waals surface area contributed by atoms with E-state index in [1.807, 2.05) is 27.7 Å². The first-order chi connectivity index (χ1) is 5.89. The van der Waals surface area contributed by atoms with Crippen LogP contribution in [0.25, 0.3) is 0 Å². The number of carbonyl (C=O) groups is 1. The molecule has 0 aliphatic heterocycles. The van der Waals surface area contributed by atoms with Gasteiger partial charge in [0.15, 0.2) is 0 Å². The van der Waals surface area contributed by atoms with Gasteiger partial charge >= 0.3 is 6.09 Å². The number of nitrogens with one attached hydrogen (secondary N) is 2. The van der Waals surface area contributed by atoms with Crippen LogP contribution in [-0.2, 0) is 4.74 Å². The molecule has 1 radical (unpaired) electrons. The van der Waals surface area contributed by atoms with Gasteiger partial charge in [0.2, 0.25) is 0 Å². The molecule has 1 amide bonds. The third-order valence-electron chi connectivity index (χ3n) is 1.35. The lowest BCUT2D eigenvalue weighted by Gasteiger charge is -2.22. The normalized spacial score (nSPS) is 13.6. The van der Waals surface area contributed by atoms with Crippen molar-refractivity contribution in [1.29, 1.82) is 0 Å². The Labute approximate surface area is 80.0 Å². The van der Waals surface area contributed by atoms with Crippen molar-refractivity contribution in [3.63, 3.8) is 0 Å². The van der Waals surface area contributed by atoms with Crippen LogP contribution >= 0.6 is 0 Å². The van der Waals surface area contributed by atoms with Crippen LogP contribution in [0.5, 0.6) is 0 Å². The maximum atomic E-state index is 11.2. The van der Waals surface area contributed by atoms with Crippen LogP contribution in [0.15, 0.2) is 0 Å². The number of hydrogen-bond acceptors (Lipinski definition) is 3. The highest BCUT2D eigenvalue weighted by Crippen LogP contribution is 2.06.